The van der Waals surface area contributed by atoms with Gasteiger partial charge in [0, 0.05) is 10.4 Å². The number of ether oxygens (including phenoxy) is 1. The van der Waals surface area contributed by atoms with Gasteiger partial charge in [0.2, 0.25) is 0 Å². The van der Waals surface area contributed by atoms with Gasteiger partial charge in [-0.25, -0.2) is 0 Å². The summed E-state index contributed by atoms with van der Waals surface area (Å²) in [4.78, 5) is 12.2. The molecule has 1 saturated carbocycles. The van der Waals surface area contributed by atoms with Gasteiger partial charge in [0.25, 0.3) is 0 Å². The van der Waals surface area contributed by atoms with Crippen LogP contribution in [0.15, 0.2) is 40.9 Å². The number of hydrogen-bond donors (Lipinski definition) is 0. The van der Waals surface area contributed by atoms with E-state index in [2.05, 4.69) is 28.6 Å². The van der Waals surface area contributed by atoms with Gasteiger partial charge in [-0.15, -0.1) is 0 Å². The van der Waals surface area contributed by atoms with Crippen molar-refractivity contribution in [1.29, 1.82) is 0 Å². The summed E-state index contributed by atoms with van der Waals surface area (Å²) < 4.78 is 6.35. The van der Waals surface area contributed by atoms with Gasteiger partial charge < -0.3 is 4.74 Å². The molecule has 2 aliphatic rings. The maximum Gasteiger partial charge on any atom is 0.313 e. The van der Waals surface area contributed by atoms with E-state index in [0.29, 0.717) is 12.5 Å². The molecule has 3 rings (SSSR count). The monoisotopic (exact) mass is 306 g/mol. The zero-order valence-electron chi connectivity index (χ0n) is 10.1. The van der Waals surface area contributed by atoms with E-state index < -0.39 is 0 Å². The number of allylic oxidation sites excluding steroid dienone is 1. The van der Waals surface area contributed by atoms with Crippen molar-refractivity contribution < 1.29 is 9.53 Å². The summed E-state index contributed by atoms with van der Waals surface area (Å²) in [6.07, 6.45) is 2.45. The summed E-state index contributed by atoms with van der Waals surface area (Å²) in [6, 6.07) is 8.09. The molecule has 2 atom stereocenters. The van der Waals surface area contributed by atoms with Crippen LogP contribution in [-0.2, 0) is 16.0 Å². The van der Waals surface area contributed by atoms with E-state index in [4.69, 9.17) is 4.74 Å². The zero-order valence-corrected chi connectivity index (χ0v) is 11.7. The van der Waals surface area contributed by atoms with Gasteiger partial charge in [0.05, 0.1) is 12.0 Å². The quantitative estimate of drug-likeness (QED) is 0.617. The third kappa shape index (κ3) is 1.72. The van der Waals surface area contributed by atoms with Crippen molar-refractivity contribution in [2.45, 2.75) is 19.3 Å². The Hall–Kier alpha value is -1.09. The molecule has 0 aromatic heterocycles. The smallest absolute Gasteiger partial charge is 0.313 e. The molecule has 1 aromatic rings. The van der Waals surface area contributed by atoms with Crippen LogP contribution in [0.25, 0.3) is 0 Å². The fraction of sp³-hybridized carbons (Fsp3) is 0.400. The van der Waals surface area contributed by atoms with Crippen LogP contribution in [0.2, 0.25) is 0 Å². The van der Waals surface area contributed by atoms with Crippen LogP contribution in [0, 0.1) is 11.3 Å². The number of fused-ring (bicyclic) bond motifs is 1. The lowest BCUT2D eigenvalue weighted by atomic mass is 9.75. The van der Waals surface area contributed by atoms with Crippen molar-refractivity contribution in [1.82, 2.24) is 0 Å². The summed E-state index contributed by atoms with van der Waals surface area (Å²) in [5.41, 5.74) is 2.00. The summed E-state index contributed by atoms with van der Waals surface area (Å²) in [7, 11) is 0. The van der Waals surface area contributed by atoms with Gasteiger partial charge in [0.1, 0.15) is 0 Å². The number of hydrogen-bond acceptors (Lipinski definition) is 2. The van der Waals surface area contributed by atoms with Gasteiger partial charge >= 0.3 is 5.97 Å². The van der Waals surface area contributed by atoms with Crippen molar-refractivity contribution in [2.24, 2.45) is 11.3 Å². The molecular weight excluding hydrogens is 292 g/mol. The second kappa shape index (κ2) is 4.23. The van der Waals surface area contributed by atoms with Crippen molar-refractivity contribution in [2.75, 3.05) is 6.61 Å². The first kappa shape index (κ1) is 12.0. The third-order valence-corrected chi connectivity index (χ3v) is 4.94. The molecule has 18 heavy (non-hydrogen) atoms. The van der Waals surface area contributed by atoms with E-state index in [9.17, 15) is 4.79 Å². The number of rotatable bonds is 2. The van der Waals surface area contributed by atoms with Crippen LogP contribution in [0.5, 0.6) is 0 Å². The van der Waals surface area contributed by atoms with Crippen LogP contribution >= 0.6 is 15.9 Å². The highest BCUT2D eigenvalue weighted by Gasteiger charge is 2.56. The van der Waals surface area contributed by atoms with Crippen LogP contribution in [0.3, 0.4) is 0 Å². The maximum atomic E-state index is 12.2. The lowest BCUT2D eigenvalue weighted by molar-refractivity contribution is -0.146. The fourth-order valence-electron chi connectivity index (χ4n) is 3.24. The molecule has 1 saturated heterocycles. The topological polar surface area (TPSA) is 26.3 Å². The van der Waals surface area contributed by atoms with E-state index in [0.717, 1.165) is 23.7 Å². The molecular formula is C15H15BrO2. The Labute approximate surface area is 115 Å². The lowest BCUT2D eigenvalue weighted by Gasteiger charge is -2.24. The predicted molar refractivity (Wildman–Crippen MR) is 73.1 cm³/mol. The Bertz CT molecular complexity index is 523. The van der Waals surface area contributed by atoms with Gasteiger partial charge in [-0.2, -0.15) is 0 Å². The molecule has 1 heterocycles. The minimum atomic E-state index is -0.360. The van der Waals surface area contributed by atoms with E-state index in [1.54, 1.807) is 0 Å². The highest BCUT2D eigenvalue weighted by molar-refractivity contribution is 9.10. The predicted octanol–water partition coefficient (Wildman–Crippen LogP) is 3.50. The Kier molecular flexibility index (Phi) is 2.81. The molecule has 0 N–H and O–H groups in total. The highest BCUT2D eigenvalue weighted by atomic mass is 79.9. The summed E-state index contributed by atoms with van der Waals surface area (Å²) in [6.45, 7) is 4.62. The minimum absolute atomic E-state index is 0.0399. The van der Waals surface area contributed by atoms with E-state index in [-0.39, 0.29) is 11.4 Å². The lowest BCUT2D eigenvalue weighted by Crippen LogP contribution is -2.31. The SMILES string of the molecule is C=C1CC2COC(=O)C2(Cc2ccccc2Br)C1. The normalized spacial score (nSPS) is 30.4. The van der Waals surface area contributed by atoms with E-state index in [1.165, 1.54) is 11.1 Å². The Morgan fingerprint density at radius 1 is 1.44 bits per heavy atom. The average Bonchev–Trinajstić information content (AvgIpc) is 2.79. The first-order valence-electron chi connectivity index (χ1n) is 6.19. The van der Waals surface area contributed by atoms with Gasteiger partial charge in [0.15, 0.2) is 0 Å². The standard InChI is InChI=1S/C15H15BrO2/c1-10-6-12-9-18-14(17)15(12,7-10)8-11-4-2-3-5-13(11)16/h2-5,12H,1,6-9H2. The molecule has 0 amide bonds. The van der Waals surface area contributed by atoms with Crippen molar-refractivity contribution in [3.63, 3.8) is 0 Å². The third-order valence-electron chi connectivity index (χ3n) is 4.17. The molecule has 2 unspecified atom stereocenters. The number of carbonyl (C=O) groups excluding carboxylic acids is 1. The van der Waals surface area contributed by atoms with Crippen molar-refractivity contribution in [3.8, 4) is 0 Å². The van der Waals surface area contributed by atoms with Crippen molar-refractivity contribution >= 4 is 21.9 Å². The Morgan fingerprint density at radius 3 is 3.00 bits per heavy atom. The number of esters is 1. The first-order valence-corrected chi connectivity index (χ1v) is 6.98. The largest absolute Gasteiger partial charge is 0.465 e. The van der Waals surface area contributed by atoms with Crippen LogP contribution in [0.1, 0.15) is 18.4 Å². The van der Waals surface area contributed by atoms with Crippen LogP contribution < -0.4 is 0 Å². The summed E-state index contributed by atoms with van der Waals surface area (Å²) in [5, 5.41) is 0. The molecule has 2 nitrogen and oxygen atoms in total. The molecule has 1 aliphatic carbocycles. The number of halogens is 1. The molecule has 0 radical (unpaired) electrons. The zero-order chi connectivity index (χ0) is 12.8. The molecule has 0 spiro atoms. The second-order valence-corrected chi connectivity index (χ2v) is 6.20. The summed E-state index contributed by atoms with van der Waals surface area (Å²) in [5.74, 6) is 0.270. The average molecular weight is 307 g/mol. The summed E-state index contributed by atoms with van der Waals surface area (Å²) >= 11 is 3.56. The fourth-order valence-corrected chi connectivity index (χ4v) is 3.67. The minimum Gasteiger partial charge on any atom is -0.465 e. The molecule has 3 heteroatoms. The Morgan fingerprint density at radius 2 is 2.22 bits per heavy atom. The molecule has 94 valence electrons. The Balaban J connectivity index is 1.97. The molecule has 2 fully saturated rings. The van der Waals surface area contributed by atoms with Crippen LogP contribution in [0.4, 0.5) is 0 Å². The van der Waals surface area contributed by atoms with Gasteiger partial charge in [-0.05, 0) is 30.9 Å². The maximum absolute atomic E-state index is 12.2. The highest BCUT2D eigenvalue weighted by Crippen LogP contribution is 2.52. The first-order chi connectivity index (χ1) is 8.62. The molecule has 1 aromatic carbocycles. The number of cyclic esters (lactones) is 1. The number of benzene rings is 1. The number of carbonyl (C=O) groups is 1. The molecule has 1 aliphatic heterocycles. The molecule has 0 bridgehead atoms. The van der Waals surface area contributed by atoms with E-state index in [1.807, 2.05) is 18.2 Å². The van der Waals surface area contributed by atoms with Crippen molar-refractivity contribution in [3.05, 3.63) is 46.5 Å². The van der Waals surface area contributed by atoms with Crippen LogP contribution in [-0.4, -0.2) is 12.6 Å². The van der Waals surface area contributed by atoms with Gasteiger partial charge in [-0.3, -0.25) is 4.79 Å². The van der Waals surface area contributed by atoms with E-state index >= 15 is 0 Å². The van der Waals surface area contributed by atoms with Gasteiger partial charge in [-0.1, -0.05) is 46.3 Å². The second-order valence-electron chi connectivity index (χ2n) is 5.35.